The largest absolute Gasteiger partial charge is 0.494 e. The molecule has 1 aromatic heterocycles. The van der Waals surface area contributed by atoms with Crippen LogP contribution in [0.4, 0.5) is 5.82 Å². The van der Waals surface area contributed by atoms with E-state index in [-0.39, 0.29) is 6.10 Å². The van der Waals surface area contributed by atoms with Crippen LogP contribution in [0.3, 0.4) is 0 Å². The molecule has 1 atom stereocenters. The zero-order valence-electron chi connectivity index (χ0n) is 13.2. The molecule has 5 heteroatoms. The molecule has 22 heavy (non-hydrogen) atoms. The van der Waals surface area contributed by atoms with Crippen molar-refractivity contribution < 1.29 is 9.47 Å². The van der Waals surface area contributed by atoms with Crippen LogP contribution in [0.5, 0.6) is 11.5 Å². The van der Waals surface area contributed by atoms with Gasteiger partial charge in [0.2, 0.25) is 0 Å². The molecule has 1 aliphatic rings. The highest BCUT2D eigenvalue weighted by Crippen LogP contribution is 2.35. The zero-order valence-corrected chi connectivity index (χ0v) is 13.2. The predicted octanol–water partition coefficient (Wildman–Crippen LogP) is 3.12. The van der Waals surface area contributed by atoms with Gasteiger partial charge < -0.3 is 14.8 Å². The van der Waals surface area contributed by atoms with E-state index in [1.807, 2.05) is 19.9 Å². The molecule has 0 radical (unpaired) electrons. The van der Waals surface area contributed by atoms with Crippen LogP contribution in [-0.2, 0) is 13.0 Å². The normalized spacial score (nSPS) is 16.0. The molecule has 116 valence electrons. The number of ether oxygens (including phenoxy) is 2. The highest BCUT2D eigenvalue weighted by molar-refractivity contribution is 5.50. The lowest BCUT2D eigenvalue weighted by molar-refractivity contribution is 0.254. The van der Waals surface area contributed by atoms with Gasteiger partial charge in [-0.05, 0) is 39.0 Å². The Kier molecular flexibility index (Phi) is 4.13. The van der Waals surface area contributed by atoms with Crippen LogP contribution in [-0.4, -0.2) is 22.7 Å². The lowest BCUT2D eigenvalue weighted by Gasteiger charge is -2.13. The number of hydrogen-bond acceptors (Lipinski definition) is 5. The summed E-state index contributed by atoms with van der Waals surface area (Å²) in [6.07, 6.45) is 2.92. The molecule has 1 aliphatic heterocycles. The molecule has 5 nitrogen and oxygen atoms in total. The molecular weight excluding hydrogens is 278 g/mol. The van der Waals surface area contributed by atoms with Gasteiger partial charge in [-0.15, -0.1) is 0 Å². The first-order chi connectivity index (χ1) is 10.7. The van der Waals surface area contributed by atoms with Crippen LogP contribution < -0.4 is 14.8 Å². The average Bonchev–Trinajstić information content (AvgIpc) is 2.84. The topological polar surface area (TPSA) is 56.3 Å². The maximum absolute atomic E-state index is 5.84. The quantitative estimate of drug-likeness (QED) is 0.919. The average molecular weight is 299 g/mol. The summed E-state index contributed by atoms with van der Waals surface area (Å²) in [5.74, 6) is 3.44. The number of aryl methyl sites for hydroxylation is 1. The van der Waals surface area contributed by atoms with Crippen molar-refractivity contribution in [3.05, 3.63) is 41.3 Å². The molecule has 0 bridgehead atoms. The molecule has 1 N–H and O–H groups in total. The lowest BCUT2D eigenvalue weighted by atomic mass is 10.1. The van der Waals surface area contributed by atoms with Crippen LogP contribution in [0.25, 0.3) is 0 Å². The SMILES string of the molecule is CCOc1cc2c(cc1CNc1ccnc(C)n1)OC(C)C2. The Balaban J connectivity index is 1.81. The molecule has 0 fully saturated rings. The first kappa shape index (κ1) is 14.6. The van der Waals surface area contributed by atoms with Crippen molar-refractivity contribution >= 4 is 5.82 Å². The molecule has 0 spiro atoms. The summed E-state index contributed by atoms with van der Waals surface area (Å²) < 4.78 is 11.6. The lowest BCUT2D eigenvalue weighted by Crippen LogP contribution is -2.06. The van der Waals surface area contributed by atoms with E-state index in [9.17, 15) is 0 Å². The molecule has 0 amide bonds. The number of anilines is 1. The second-order valence-corrected chi connectivity index (χ2v) is 5.48. The maximum atomic E-state index is 5.84. The van der Waals surface area contributed by atoms with Crippen molar-refractivity contribution in [2.75, 3.05) is 11.9 Å². The Bertz CT molecular complexity index is 673. The Morgan fingerprint density at radius 3 is 3.05 bits per heavy atom. The third-order valence-electron chi connectivity index (χ3n) is 3.61. The fraction of sp³-hybridized carbons (Fsp3) is 0.412. The monoisotopic (exact) mass is 299 g/mol. The number of aromatic nitrogens is 2. The van der Waals surface area contributed by atoms with Gasteiger partial charge in [0.25, 0.3) is 0 Å². The van der Waals surface area contributed by atoms with Crippen LogP contribution in [0.2, 0.25) is 0 Å². The van der Waals surface area contributed by atoms with Gasteiger partial charge >= 0.3 is 0 Å². The van der Waals surface area contributed by atoms with E-state index < -0.39 is 0 Å². The summed E-state index contributed by atoms with van der Waals surface area (Å²) in [6, 6.07) is 6.04. The summed E-state index contributed by atoms with van der Waals surface area (Å²) >= 11 is 0. The van der Waals surface area contributed by atoms with Gasteiger partial charge in [0.15, 0.2) is 0 Å². The van der Waals surface area contributed by atoms with Crippen LogP contribution >= 0.6 is 0 Å². The maximum Gasteiger partial charge on any atom is 0.129 e. The molecule has 3 rings (SSSR count). The number of benzene rings is 1. The summed E-state index contributed by atoms with van der Waals surface area (Å²) in [7, 11) is 0. The van der Waals surface area contributed by atoms with Crippen LogP contribution in [0.1, 0.15) is 30.8 Å². The molecule has 1 unspecified atom stereocenters. The number of rotatable bonds is 5. The fourth-order valence-corrected chi connectivity index (χ4v) is 2.65. The van der Waals surface area contributed by atoms with Crippen molar-refractivity contribution in [2.24, 2.45) is 0 Å². The second-order valence-electron chi connectivity index (χ2n) is 5.48. The van der Waals surface area contributed by atoms with E-state index in [1.54, 1.807) is 6.20 Å². The van der Waals surface area contributed by atoms with E-state index >= 15 is 0 Å². The van der Waals surface area contributed by atoms with E-state index in [0.29, 0.717) is 13.2 Å². The third-order valence-corrected chi connectivity index (χ3v) is 3.61. The smallest absolute Gasteiger partial charge is 0.129 e. The van der Waals surface area contributed by atoms with Gasteiger partial charge in [-0.2, -0.15) is 0 Å². The van der Waals surface area contributed by atoms with Gasteiger partial charge in [-0.1, -0.05) is 0 Å². The molecule has 0 saturated heterocycles. The van der Waals surface area contributed by atoms with Crippen molar-refractivity contribution in [2.45, 2.75) is 39.8 Å². The minimum Gasteiger partial charge on any atom is -0.494 e. The molecule has 0 saturated carbocycles. The third kappa shape index (κ3) is 3.13. The minimum absolute atomic E-state index is 0.234. The Labute approximate surface area is 130 Å². The fourth-order valence-electron chi connectivity index (χ4n) is 2.65. The van der Waals surface area contributed by atoms with Gasteiger partial charge in [-0.3, -0.25) is 0 Å². The zero-order chi connectivity index (χ0) is 15.5. The first-order valence-electron chi connectivity index (χ1n) is 7.64. The van der Waals surface area contributed by atoms with Gasteiger partial charge in [-0.25, -0.2) is 9.97 Å². The van der Waals surface area contributed by atoms with Crippen LogP contribution in [0, 0.1) is 6.92 Å². The molecule has 0 aliphatic carbocycles. The van der Waals surface area contributed by atoms with Gasteiger partial charge in [0.05, 0.1) is 6.61 Å². The number of fused-ring (bicyclic) bond motifs is 1. The molecular formula is C17H21N3O2. The van der Waals surface area contributed by atoms with E-state index in [2.05, 4.69) is 34.3 Å². The van der Waals surface area contributed by atoms with Crippen molar-refractivity contribution in [1.29, 1.82) is 0 Å². The minimum atomic E-state index is 0.234. The summed E-state index contributed by atoms with van der Waals surface area (Å²) in [5, 5.41) is 3.32. The number of nitrogens with zero attached hydrogens (tertiary/aromatic N) is 2. The second kappa shape index (κ2) is 6.22. The van der Waals surface area contributed by atoms with E-state index in [0.717, 1.165) is 35.1 Å². The van der Waals surface area contributed by atoms with Crippen molar-refractivity contribution in [1.82, 2.24) is 9.97 Å². The van der Waals surface area contributed by atoms with Crippen molar-refractivity contribution in [3.8, 4) is 11.5 Å². The molecule has 1 aromatic carbocycles. The Hall–Kier alpha value is -2.30. The highest BCUT2D eigenvalue weighted by Gasteiger charge is 2.21. The summed E-state index contributed by atoms with van der Waals surface area (Å²) in [6.45, 7) is 7.24. The standard InChI is InChI=1S/C17H21N3O2/c1-4-21-15-8-13-7-11(2)22-16(13)9-14(15)10-19-17-5-6-18-12(3)20-17/h5-6,8-9,11H,4,7,10H2,1-3H3,(H,18,19,20). The first-order valence-corrected chi connectivity index (χ1v) is 7.64. The number of hydrogen-bond donors (Lipinski definition) is 1. The Morgan fingerprint density at radius 2 is 2.27 bits per heavy atom. The molecule has 2 aromatic rings. The van der Waals surface area contributed by atoms with Gasteiger partial charge in [0, 0.05) is 30.3 Å². The van der Waals surface area contributed by atoms with Crippen molar-refractivity contribution in [3.63, 3.8) is 0 Å². The van der Waals surface area contributed by atoms with E-state index in [4.69, 9.17) is 9.47 Å². The van der Waals surface area contributed by atoms with Crippen LogP contribution in [0.15, 0.2) is 24.4 Å². The van der Waals surface area contributed by atoms with Gasteiger partial charge in [0.1, 0.15) is 29.2 Å². The number of nitrogens with one attached hydrogen (secondary N) is 1. The summed E-state index contributed by atoms with van der Waals surface area (Å²) in [4.78, 5) is 8.46. The summed E-state index contributed by atoms with van der Waals surface area (Å²) in [5.41, 5.74) is 2.29. The Morgan fingerprint density at radius 1 is 1.41 bits per heavy atom. The highest BCUT2D eigenvalue weighted by atomic mass is 16.5. The molecule has 2 heterocycles. The van der Waals surface area contributed by atoms with E-state index in [1.165, 1.54) is 5.56 Å². The predicted molar refractivity (Wildman–Crippen MR) is 85.5 cm³/mol.